The number of rotatable bonds is 4. The van der Waals surface area contributed by atoms with E-state index in [0.29, 0.717) is 11.1 Å². The molecule has 4 rings (SSSR count). The summed E-state index contributed by atoms with van der Waals surface area (Å²) < 4.78 is 12.2. The lowest BCUT2D eigenvalue weighted by Crippen LogP contribution is -2.25. The Kier molecular flexibility index (Phi) is 3.96. The Bertz CT molecular complexity index is 1150. The predicted molar refractivity (Wildman–Crippen MR) is 94.5 cm³/mol. The number of fused-ring (bicyclic) bond motifs is 3. The molecule has 3 aromatic heterocycles. The highest BCUT2D eigenvalue weighted by atomic mass is 16.5. The summed E-state index contributed by atoms with van der Waals surface area (Å²) in [5.74, 6) is -0.534. The smallest absolute Gasteiger partial charge is 0.326 e. The van der Waals surface area contributed by atoms with Crippen molar-refractivity contribution >= 4 is 28.0 Å². The summed E-state index contributed by atoms with van der Waals surface area (Å²) in [5.41, 5.74) is 1.61. The molecule has 0 saturated heterocycles. The van der Waals surface area contributed by atoms with Gasteiger partial charge in [-0.2, -0.15) is 0 Å². The molecule has 0 aliphatic carbocycles. The molecule has 1 atom stereocenters. The fourth-order valence-electron chi connectivity index (χ4n) is 2.80. The van der Waals surface area contributed by atoms with Crippen molar-refractivity contribution in [2.24, 2.45) is 0 Å². The maximum atomic E-state index is 12.6. The van der Waals surface area contributed by atoms with E-state index in [9.17, 15) is 9.59 Å². The zero-order valence-corrected chi connectivity index (χ0v) is 14.0. The van der Waals surface area contributed by atoms with Crippen LogP contribution in [0.25, 0.3) is 22.1 Å². The summed E-state index contributed by atoms with van der Waals surface area (Å²) in [6.07, 6.45) is 4.15. The molecule has 7 nitrogen and oxygen atoms in total. The molecular formula is C19H15N3O4. The minimum Gasteiger partial charge on any atom is -0.456 e. The Hall–Kier alpha value is -3.48. The summed E-state index contributed by atoms with van der Waals surface area (Å²) in [4.78, 5) is 33.0. The maximum Gasteiger partial charge on any atom is 0.326 e. The van der Waals surface area contributed by atoms with Gasteiger partial charge in [-0.15, -0.1) is 0 Å². The van der Waals surface area contributed by atoms with Crippen molar-refractivity contribution < 1.29 is 13.9 Å². The number of carbonyl (C=O) groups is 1. The largest absolute Gasteiger partial charge is 0.456 e. The standard InChI is InChI=1S/C19H15N3O4/c1-12(13-6-8-20-9-7-13)25-16(23)10-22-11-21-17-14-4-2-3-5-15(14)26-18(17)19(22)24/h2-9,11-12H,10H2,1H3/t12-/m1/s1. The zero-order valence-electron chi connectivity index (χ0n) is 14.0. The Morgan fingerprint density at radius 2 is 2.00 bits per heavy atom. The quantitative estimate of drug-likeness (QED) is 0.527. The van der Waals surface area contributed by atoms with E-state index in [1.807, 2.05) is 18.2 Å². The first-order chi connectivity index (χ1) is 12.6. The molecule has 130 valence electrons. The van der Waals surface area contributed by atoms with Crippen molar-refractivity contribution in [2.45, 2.75) is 19.6 Å². The second kappa shape index (κ2) is 6.44. The number of nitrogens with zero attached hydrogens (tertiary/aromatic N) is 3. The number of furan rings is 1. The van der Waals surface area contributed by atoms with Gasteiger partial charge in [0.15, 0.2) is 0 Å². The summed E-state index contributed by atoms with van der Waals surface area (Å²) in [5, 5.41) is 0.764. The second-order valence-electron chi connectivity index (χ2n) is 5.87. The third kappa shape index (κ3) is 2.83. The van der Waals surface area contributed by atoms with Gasteiger partial charge >= 0.3 is 5.97 Å². The van der Waals surface area contributed by atoms with Gasteiger partial charge in [-0.25, -0.2) is 4.98 Å². The molecule has 26 heavy (non-hydrogen) atoms. The number of aromatic nitrogens is 3. The van der Waals surface area contributed by atoms with Crippen LogP contribution >= 0.6 is 0 Å². The normalized spacial score (nSPS) is 12.3. The second-order valence-corrected chi connectivity index (χ2v) is 5.87. The van der Waals surface area contributed by atoms with Crippen LogP contribution in [0.15, 0.2) is 64.3 Å². The van der Waals surface area contributed by atoms with Crippen LogP contribution in [-0.4, -0.2) is 20.5 Å². The Balaban J connectivity index is 1.59. The summed E-state index contributed by atoms with van der Waals surface area (Å²) in [6, 6.07) is 10.8. The number of hydrogen-bond donors (Lipinski definition) is 0. The van der Waals surface area contributed by atoms with Gasteiger partial charge in [0.25, 0.3) is 5.56 Å². The molecule has 0 saturated carbocycles. The van der Waals surface area contributed by atoms with Gasteiger partial charge in [-0.05, 0) is 36.8 Å². The first-order valence-corrected chi connectivity index (χ1v) is 8.09. The van der Waals surface area contributed by atoms with E-state index in [1.165, 1.54) is 10.9 Å². The average Bonchev–Trinajstić information content (AvgIpc) is 3.04. The van der Waals surface area contributed by atoms with Gasteiger partial charge in [0.2, 0.25) is 5.58 Å². The lowest BCUT2D eigenvalue weighted by Gasteiger charge is -2.13. The molecule has 0 N–H and O–H groups in total. The van der Waals surface area contributed by atoms with E-state index in [4.69, 9.17) is 9.15 Å². The molecule has 3 heterocycles. The van der Waals surface area contributed by atoms with Crippen molar-refractivity contribution in [1.82, 2.24) is 14.5 Å². The average molecular weight is 349 g/mol. The van der Waals surface area contributed by atoms with Crippen LogP contribution < -0.4 is 5.56 Å². The SMILES string of the molecule is C[C@@H](OC(=O)Cn1cnc2c(oc3ccccc32)c1=O)c1ccncc1. The summed E-state index contributed by atoms with van der Waals surface area (Å²) in [6.45, 7) is 1.52. The van der Waals surface area contributed by atoms with Crippen LogP contribution in [0.4, 0.5) is 0 Å². The Morgan fingerprint density at radius 1 is 1.23 bits per heavy atom. The molecule has 0 fully saturated rings. The zero-order chi connectivity index (χ0) is 18.1. The lowest BCUT2D eigenvalue weighted by atomic mass is 10.2. The summed E-state index contributed by atoms with van der Waals surface area (Å²) >= 11 is 0. The van der Waals surface area contributed by atoms with E-state index in [0.717, 1.165) is 10.9 Å². The molecule has 0 unspecified atom stereocenters. The van der Waals surface area contributed by atoms with Crippen LogP contribution in [0.5, 0.6) is 0 Å². The first-order valence-electron chi connectivity index (χ1n) is 8.09. The third-order valence-corrected chi connectivity index (χ3v) is 4.13. The minimum absolute atomic E-state index is 0.128. The van der Waals surface area contributed by atoms with Crippen LogP contribution in [0.2, 0.25) is 0 Å². The van der Waals surface area contributed by atoms with E-state index >= 15 is 0 Å². The van der Waals surface area contributed by atoms with Crippen LogP contribution in [0, 0.1) is 0 Å². The molecule has 0 aliphatic rings. The highest BCUT2D eigenvalue weighted by molar-refractivity contribution is 6.01. The highest BCUT2D eigenvalue weighted by Crippen LogP contribution is 2.24. The fourth-order valence-corrected chi connectivity index (χ4v) is 2.80. The van der Waals surface area contributed by atoms with E-state index < -0.39 is 17.6 Å². The molecular weight excluding hydrogens is 334 g/mol. The number of benzene rings is 1. The number of para-hydroxylation sites is 1. The molecule has 1 aromatic carbocycles. The fraction of sp³-hybridized carbons (Fsp3) is 0.158. The van der Waals surface area contributed by atoms with Gasteiger partial charge in [0, 0.05) is 17.8 Å². The molecule has 0 spiro atoms. The predicted octanol–water partition coefficient (Wildman–Crippen LogP) is 2.84. The molecule has 4 aromatic rings. The minimum atomic E-state index is -0.534. The monoisotopic (exact) mass is 349 g/mol. The number of carbonyl (C=O) groups excluding carboxylic acids is 1. The lowest BCUT2D eigenvalue weighted by molar-refractivity contribution is -0.149. The topological polar surface area (TPSA) is 87.2 Å². The van der Waals surface area contributed by atoms with E-state index in [1.54, 1.807) is 37.5 Å². The molecule has 0 aliphatic heterocycles. The van der Waals surface area contributed by atoms with Gasteiger partial charge in [-0.3, -0.25) is 19.1 Å². The third-order valence-electron chi connectivity index (χ3n) is 4.13. The number of esters is 1. The van der Waals surface area contributed by atoms with Crippen molar-refractivity contribution in [2.75, 3.05) is 0 Å². The van der Waals surface area contributed by atoms with Crippen molar-refractivity contribution in [3.63, 3.8) is 0 Å². The molecule has 0 bridgehead atoms. The molecule has 7 heteroatoms. The van der Waals surface area contributed by atoms with Gasteiger partial charge in [0.1, 0.15) is 23.7 Å². The highest BCUT2D eigenvalue weighted by Gasteiger charge is 2.16. The first kappa shape index (κ1) is 16.0. The van der Waals surface area contributed by atoms with Gasteiger partial charge < -0.3 is 9.15 Å². The number of hydrogen-bond acceptors (Lipinski definition) is 6. The van der Waals surface area contributed by atoms with E-state index in [-0.39, 0.29) is 12.1 Å². The molecule has 0 amide bonds. The van der Waals surface area contributed by atoms with Crippen molar-refractivity contribution in [1.29, 1.82) is 0 Å². The number of ether oxygens (including phenoxy) is 1. The van der Waals surface area contributed by atoms with Crippen LogP contribution in [0.1, 0.15) is 18.6 Å². The van der Waals surface area contributed by atoms with Gasteiger partial charge in [-0.1, -0.05) is 12.1 Å². The molecule has 0 radical (unpaired) electrons. The van der Waals surface area contributed by atoms with Crippen molar-refractivity contribution in [3.05, 3.63) is 71.0 Å². The number of pyridine rings is 1. The van der Waals surface area contributed by atoms with Crippen molar-refractivity contribution in [3.8, 4) is 0 Å². The van der Waals surface area contributed by atoms with Crippen LogP contribution in [0.3, 0.4) is 0 Å². The van der Waals surface area contributed by atoms with E-state index in [2.05, 4.69) is 9.97 Å². The Labute approximate surface area is 147 Å². The maximum absolute atomic E-state index is 12.6. The van der Waals surface area contributed by atoms with Crippen LogP contribution in [-0.2, 0) is 16.1 Å². The van der Waals surface area contributed by atoms with Gasteiger partial charge in [0.05, 0.1) is 6.33 Å². The summed E-state index contributed by atoms with van der Waals surface area (Å²) in [7, 11) is 0. The Morgan fingerprint density at radius 3 is 2.81 bits per heavy atom.